The maximum atomic E-state index is 12.5. The zero-order chi connectivity index (χ0) is 20.8. The van der Waals surface area contributed by atoms with Gasteiger partial charge in [0.2, 0.25) is 5.75 Å². The van der Waals surface area contributed by atoms with Gasteiger partial charge in [0, 0.05) is 11.3 Å². The number of aromatic carboxylic acids is 1. The first kappa shape index (κ1) is 21.0. The van der Waals surface area contributed by atoms with E-state index >= 15 is 0 Å². The molecule has 1 amide bonds. The van der Waals surface area contributed by atoms with Gasteiger partial charge in [0.15, 0.2) is 16.6 Å². The number of ether oxygens (including phenoxy) is 3. The van der Waals surface area contributed by atoms with Gasteiger partial charge < -0.3 is 24.6 Å². The third kappa shape index (κ3) is 4.68. The Kier molecular flexibility index (Phi) is 6.78. The highest BCUT2D eigenvalue weighted by atomic mass is 32.1. The van der Waals surface area contributed by atoms with Crippen molar-refractivity contribution in [2.75, 3.05) is 26.6 Å². The van der Waals surface area contributed by atoms with E-state index < -0.39 is 11.9 Å². The largest absolute Gasteiger partial charge is 0.493 e. The third-order valence-electron chi connectivity index (χ3n) is 3.88. The van der Waals surface area contributed by atoms with Gasteiger partial charge in [-0.05, 0) is 55.0 Å². The summed E-state index contributed by atoms with van der Waals surface area (Å²) in [6.07, 6.45) is 0. The molecule has 8 nitrogen and oxygen atoms in total. The average Bonchev–Trinajstić information content (AvgIpc) is 2.67. The zero-order valence-electron chi connectivity index (χ0n) is 15.8. The van der Waals surface area contributed by atoms with Crippen molar-refractivity contribution in [3.05, 3.63) is 47.0 Å². The summed E-state index contributed by atoms with van der Waals surface area (Å²) in [6.45, 7) is 1.73. The van der Waals surface area contributed by atoms with Crippen LogP contribution in [0.4, 0.5) is 5.69 Å². The van der Waals surface area contributed by atoms with Gasteiger partial charge in [-0.1, -0.05) is 0 Å². The molecule has 0 radical (unpaired) electrons. The lowest BCUT2D eigenvalue weighted by Gasteiger charge is -2.15. The summed E-state index contributed by atoms with van der Waals surface area (Å²) in [5.74, 6) is -0.446. The molecular weight excluding hydrogens is 384 g/mol. The van der Waals surface area contributed by atoms with Gasteiger partial charge in [-0.2, -0.15) is 0 Å². The Hall–Kier alpha value is -3.33. The van der Waals surface area contributed by atoms with Gasteiger partial charge in [-0.3, -0.25) is 10.1 Å². The molecule has 0 unspecified atom stereocenters. The minimum Gasteiger partial charge on any atom is -0.493 e. The third-order valence-corrected chi connectivity index (χ3v) is 4.08. The fourth-order valence-electron chi connectivity index (χ4n) is 2.48. The van der Waals surface area contributed by atoms with Crippen molar-refractivity contribution in [1.82, 2.24) is 5.32 Å². The Balaban J connectivity index is 2.16. The van der Waals surface area contributed by atoms with Gasteiger partial charge in [-0.15, -0.1) is 0 Å². The van der Waals surface area contributed by atoms with Gasteiger partial charge in [0.25, 0.3) is 5.91 Å². The number of amides is 1. The van der Waals surface area contributed by atoms with Crippen molar-refractivity contribution in [1.29, 1.82) is 0 Å². The smallest absolute Gasteiger partial charge is 0.335 e. The van der Waals surface area contributed by atoms with Crippen LogP contribution in [0.15, 0.2) is 30.3 Å². The molecule has 2 aromatic rings. The number of methoxy groups -OCH3 is 3. The summed E-state index contributed by atoms with van der Waals surface area (Å²) in [5.41, 5.74) is 1.68. The Morgan fingerprint density at radius 1 is 0.964 bits per heavy atom. The van der Waals surface area contributed by atoms with Crippen LogP contribution in [0, 0.1) is 6.92 Å². The van der Waals surface area contributed by atoms with Crippen molar-refractivity contribution in [3.63, 3.8) is 0 Å². The molecule has 0 bridgehead atoms. The molecule has 0 atom stereocenters. The highest BCUT2D eigenvalue weighted by Gasteiger charge is 2.18. The number of thiocarbonyl (C=S) groups is 1. The molecule has 0 spiro atoms. The molecule has 0 fully saturated rings. The van der Waals surface area contributed by atoms with E-state index in [9.17, 15) is 9.59 Å². The highest BCUT2D eigenvalue weighted by Crippen LogP contribution is 2.38. The number of nitrogens with one attached hydrogen (secondary N) is 2. The van der Waals surface area contributed by atoms with Gasteiger partial charge in [0.1, 0.15) is 0 Å². The number of carbonyl (C=O) groups is 2. The second kappa shape index (κ2) is 9.05. The summed E-state index contributed by atoms with van der Waals surface area (Å²) >= 11 is 5.18. The van der Waals surface area contributed by atoms with E-state index in [0.717, 1.165) is 0 Å². The van der Waals surface area contributed by atoms with Crippen LogP contribution in [0.3, 0.4) is 0 Å². The van der Waals surface area contributed by atoms with Gasteiger partial charge >= 0.3 is 5.97 Å². The predicted octanol–water partition coefficient (Wildman–Crippen LogP) is 2.85. The fourth-order valence-corrected chi connectivity index (χ4v) is 2.68. The SMILES string of the molecule is COc1cc(C(=O)NC(=S)Nc2ccc(C(=O)O)cc2C)cc(OC)c1OC. The number of carbonyl (C=O) groups excluding carboxylic acids is 1. The monoisotopic (exact) mass is 404 g/mol. The van der Waals surface area contributed by atoms with Gasteiger partial charge in [-0.25, -0.2) is 4.79 Å². The molecule has 9 heteroatoms. The maximum absolute atomic E-state index is 12.5. The summed E-state index contributed by atoms with van der Waals surface area (Å²) in [6, 6.07) is 7.55. The van der Waals surface area contributed by atoms with Crippen molar-refractivity contribution < 1.29 is 28.9 Å². The fraction of sp³-hybridized carbons (Fsp3) is 0.211. The molecule has 148 valence electrons. The lowest BCUT2D eigenvalue weighted by molar-refractivity contribution is 0.0696. The first-order valence-corrected chi connectivity index (χ1v) is 8.47. The van der Waals surface area contributed by atoms with Crippen LogP contribution in [0.5, 0.6) is 17.2 Å². The Bertz CT molecular complexity index is 904. The number of carboxylic acids is 1. The molecular formula is C19H20N2O6S. The van der Waals surface area contributed by atoms with Crippen LogP contribution in [-0.2, 0) is 0 Å². The average molecular weight is 404 g/mol. The number of benzene rings is 2. The van der Waals surface area contributed by atoms with Crippen molar-refractivity contribution in [3.8, 4) is 17.2 Å². The molecule has 0 saturated heterocycles. The van der Waals surface area contributed by atoms with Crippen LogP contribution >= 0.6 is 12.2 Å². The first-order valence-electron chi connectivity index (χ1n) is 8.07. The molecule has 2 rings (SSSR count). The highest BCUT2D eigenvalue weighted by molar-refractivity contribution is 7.80. The van der Waals surface area contributed by atoms with Crippen LogP contribution in [0.2, 0.25) is 0 Å². The zero-order valence-corrected chi connectivity index (χ0v) is 16.6. The lowest BCUT2D eigenvalue weighted by Crippen LogP contribution is -2.34. The van der Waals surface area contributed by atoms with Crippen molar-refractivity contribution >= 4 is 34.9 Å². The quantitative estimate of drug-likeness (QED) is 0.631. The molecule has 0 heterocycles. The molecule has 0 aliphatic heterocycles. The first-order chi connectivity index (χ1) is 13.3. The van der Waals surface area contributed by atoms with Gasteiger partial charge in [0.05, 0.1) is 26.9 Å². The predicted molar refractivity (Wildman–Crippen MR) is 108 cm³/mol. The van der Waals surface area contributed by atoms with E-state index in [1.54, 1.807) is 13.0 Å². The lowest BCUT2D eigenvalue weighted by atomic mass is 10.1. The normalized spacial score (nSPS) is 10.0. The summed E-state index contributed by atoms with van der Waals surface area (Å²) in [5, 5.41) is 14.5. The Labute approximate surface area is 167 Å². The molecule has 2 aromatic carbocycles. The summed E-state index contributed by atoms with van der Waals surface area (Å²) in [4.78, 5) is 23.5. The molecule has 0 aliphatic carbocycles. The number of hydrogen-bond acceptors (Lipinski definition) is 6. The van der Waals surface area contributed by atoms with Crippen LogP contribution < -0.4 is 24.8 Å². The van der Waals surface area contributed by atoms with E-state index in [0.29, 0.717) is 28.5 Å². The van der Waals surface area contributed by atoms with Crippen molar-refractivity contribution in [2.24, 2.45) is 0 Å². The molecule has 0 aliphatic rings. The Morgan fingerprint density at radius 3 is 2.04 bits per heavy atom. The molecule has 3 N–H and O–H groups in total. The molecule has 0 aromatic heterocycles. The minimum absolute atomic E-state index is 0.0601. The minimum atomic E-state index is -1.02. The van der Waals surface area contributed by atoms with E-state index in [1.165, 1.54) is 45.6 Å². The number of rotatable bonds is 6. The van der Waals surface area contributed by atoms with Crippen molar-refractivity contribution in [2.45, 2.75) is 6.92 Å². The summed E-state index contributed by atoms with van der Waals surface area (Å²) < 4.78 is 15.7. The number of carboxylic acid groups (broad SMARTS) is 1. The van der Waals surface area contributed by atoms with E-state index in [4.69, 9.17) is 31.5 Å². The van der Waals surface area contributed by atoms with Crippen LogP contribution in [0.25, 0.3) is 0 Å². The topological polar surface area (TPSA) is 106 Å². The second-order valence-electron chi connectivity index (χ2n) is 5.66. The standard InChI is InChI=1S/C19H20N2O6S/c1-10-7-11(18(23)24)5-6-13(10)20-19(28)21-17(22)12-8-14(25-2)16(27-4)15(9-12)26-3/h5-9H,1-4H3,(H,23,24)(H2,20,21,22,28). The number of hydrogen-bond donors (Lipinski definition) is 3. The van der Waals surface area contributed by atoms with Crippen LogP contribution in [-0.4, -0.2) is 43.4 Å². The van der Waals surface area contributed by atoms with Crippen LogP contribution in [0.1, 0.15) is 26.3 Å². The van der Waals surface area contributed by atoms with E-state index in [1.807, 2.05) is 0 Å². The van der Waals surface area contributed by atoms with E-state index in [2.05, 4.69) is 10.6 Å². The second-order valence-corrected chi connectivity index (χ2v) is 6.07. The maximum Gasteiger partial charge on any atom is 0.335 e. The summed E-state index contributed by atoms with van der Waals surface area (Å²) in [7, 11) is 4.38. The molecule has 0 saturated carbocycles. The number of aryl methyl sites for hydroxylation is 1. The molecule has 28 heavy (non-hydrogen) atoms. The number of anilines is 1. The van der Waals surface area contributed by atoms with E-state index in [-0.39, 0.29) is 16.2 Å². The Morgan fingerprint density at radius 2 is 1.57 bits per heavy atom.